The van der Waals surface area contributed by atoms with Crippen molar-refractivity contribution in [2.75, 3.05) is 13.2 Å². The zero-order chi connectivity index (χ0) is 8.86. The van der Waals surface area contributed by atoms with Crippen LogP contribution in [-0.4, -0.2) is 18.3 Å². The summed E-state index contributed by atoms with van der Waals surface area (Å²) in [6, 6.07) is 0. The van der Waals surface area contributed by atoms with Crippen molar-refractivity contribution >= 4 is 8.69 Å². The minimum Gasteiger partial charge on any atom is -0.396 e. The normalized spacial score (nSPS) is 22.8. The maximum absolute atomic E-state index is 10.1. The molecular weight excluding hydrogens is 175 g/mol. The summed E-state index contributed by atoms with van der Waals surface area (Å²) in [6.07, 6.45) is 5.55. The Bertz CT molecular complexity index is 143. The molecule has 0 spiro atoms. The fourth-order valence-corrected chi connectivity index (χ4v) is 2.14. The van der Waals surface area contributed by atoms with Crippen LogP contribution in [0.25, 0.3) is 0 Å². The fourth-order valence-electron chi connectivity index (χ4n) is 1.81. The quantitative estimate of drug-likeness (QED) is 0.691. The second-order valence-corrected chi connectivity index (χ2v) is 3.97. The first-order valence-corrected chi connectivity index (χ1v) is 5.11. The van der Waals surface area contributed by atoms with Gasteiger partial charge in [0.1, 0.15) is 0 Å². The molecule has 0 aromatic heterocycles. The average Bonchev–Trinajstić information content (AvgIpc) is 2.16. The van der Waals surface area contributed by atoms with Gasteiger partial charge in [0.15, 0.2) is 0 Å². The van der Waals surface area contributed by atoms with Gasteiger partial charge in [-0.05, 0) is 12.8 Å². The van der Waals surface area contributed by atoms with Gasteiger partial charge in [0, 0.05) is 5.41 Å². The highest BCUT2D eigenvalue weighted by Crippen LogP contribution is 2.36. The van der Waals surface area contributed by atoms with Gasteiger partial charge in [-0.3, -0.25) is 4.52 Å². The Labute approximate surface area is 74.4 Å². The molecule has 12 heavy (non-hydrogen) atoms. The molecule has 0 amide bonds. The van der Waals surface area contributed by atoms with E-state index in [1.807, 2.05) is 0 Å². The Balaban J connectivity index is 2.41. The monoisotopic (exact) mass is 190 g/mol. The molecule has 0 atom stereocenters. The van der Waals surface area contributed by atoms with Gasteiger partial charge in [0.2, 0.25) is 0 Å². The van der Waals surface area contributed by atoms with E-state index in [1.165, 1.54) is 6.42 Å². The molecule has 1 saturated carbocycles. The van der Waals surface area contributed by atoms with Crippen molar-refractivity contribution in [1.82, 2.24) is 0 Å². The molecule has 0 radical (unpaired) electrons. The van der Waals surface area contributed by atoms with Crippen LogP contribution in [-0.2, 0) is 9.09 Å². The van der Waals surface area contributed by atoms with Gasteiger partial charge in [-0.2, -0.15) is 0 Å². The standard InChI is InChI=1S/C8H15O3P/c9-6-8(7-11-12-10)4-2-1-3-5-8/h9H,1-7H2. The molecular formula is C8H15O3P. The van der Waals surface area contributed by atoms with Crippen LogP contribution >= 0.6 is 8.69 Å². The highest BCUT2D eigenvalue weighted by Gasteiger charge is 2.31. The van der Waals surface area contributed by atoms with Gasteiger partial charge in [-0.25, -0.2) is 4.57 Å². The van der Waals surface area contributed by atoms with Crippen molar-refractivity contribution in [3.05, 3.63) is 0 Å². The Morgan fingerprint density at radius 3 is 2.50 bits per heavy atom. The molecule has 0 bridgehead atoms. The first-order valence-electron chi connectivity index (χ1n) is 4.38. The van der Waals surface area contributed by atoms with Crippen LogP contribution in [0, 0.1) is 5.41 Å². The molecule has 1 aliphatic rings. The molecule has 1 N–H and O–H groups in total. The Kier molecular flexibility index (Phi) is 4.13. The van der Waals surface area contributed by atoms with Gasteiger partial charge in [0.25, 0.3) is 0 Å². The lowest BCUT2D eigenvalue weighted by Crippen LogP contribution is -2.32. The van der Waals surface area contributed by atoms with Crippen molar-refractivity contribution in [3.8, 4) is 0 Å². The van der Waals surface area contributed by atoms with Crippen LogP contribution in [0.15, 0.2) is 0 Å². The van der Waals surface area contributed by atoms with Crippen LogP contribution in [0.3, 0.4) is 0 Å². The minimum absolute atomic E-state index is 0.102. The second-order valence-electron chi connectivity index (χ2n) is 3.57. The van der Waals surface area contributed by atoms with E-state index >= 15 is 0 Å². The third-order valence-corrected chi connectivity index (χ3v) is 2.91. The predicted molar refractivity (Wildman–Crippen MR) is 46.2 cm³/mol. The van der Waals surface area contributed by atoms with E-state index in [4.69, 9.17) is 4.52 Å². The molecule has 1 fully saturated rings. The SMILES string of the molecule is O=POCC1(CO)CCCCC1. The Morgan fingerprint density at radius 1 is 1.33 bits per heavy atom. The largest absolute Gasteiger partial charge is 0.396 e. The van der Waals surface area contributed by atoms with Gasteiger partial charge >= 0.3 is 8.69 Å². The summed E-state index contributed by atoms with van der Waals surface area (Å²) in [6.45, 7) is 0.580. The van der Waals surface area contributed by atoms with E-state index in [0.29, 0.717) is 6.61 Å². The maximum Gasteiger partial charge on any atom is 0.327 e. The Hall–Kier alpha value is 0.0200. The number of hydrogen-bond acceptors (Lipinski definition) is 3. The summed E-state index contributed by atoms with van der Waals surface area (Å²) >= 11 is 0. The molecule has 0 saturated heterocycles. The summed E-state index contributed by atoms with van der Waals surface area (Å²) in [5.41, 5.74) is -0.102. The number of rotatable bonds is 4. The van der Waals surface area contributed by atoms with E-state index in [9.17, 15) is 9.67 Å². The van der Waals surface area contributed by atoms with Gasteiger partial charge < -0.3 is 5.11 Å². The number of hydrogen-bond donors (Lipinski definition) is 1. The minimum atomic E-state index is -0.274. The molecule has 3 nitrogen and oxygen atoms in total. The summed E-state index contributed by atoms with van der Waals surface area (Å²) in [5.74, 6) is 0. The lowest BCUT2D eigenvalue weighted by Gasteiger charge is -2.34. The molecule has 0 heterocycles. The zero-order valence-corrected chi connectivity index (χ0v) is 8.06. The number of aliphatic hydroxyl groups excluding tert-OH is 1. The zero-order valence-electron chi connectivity index (χ0n) is 7.16. The topological polar surface area (TPSA) is 46.5 Å². The summed E-state index contributed by atoms with van der Waals surface area (Å²) in [4.78, 5) is 0. The third kappa shape index (κ3) is 2.51. The van der Waals surface area contributed by atoms with Crippen LogP contribution in [0.1, 0.15) is 32.1 Å². The van der Waals surface area contributed by atoms with Crippen molar-refractivity contribution < 1.29 is 14.2 Å². The summed E-state index contributed by atoms with van der Waals surface area (Å²) < 4.78 is 14.9. The highest BCUT2D eigenvalue weighted by molar-refractivity contribution is 7.17. The van der Waals surface area contributed by atoms with Crippen LogP contribution in [0.4, 0.5) is 0 Å². The first-order chi connectivity index (χ1) is 5.83. The molecule has 1 rings (SSSR count). The van der Waals surface area contributed by atoms with Gasteiger partial charge in [0.05, 0.1) is 13.2 Å². The van der Waals surface area contributed by atoms with Crippen molar-refractivity contribution in [1.29, 1.82) is 0 Å². The van der Waals surface area contributed by atoms with Crippen molar-refractivity contribution in [2.24, 2.45) is 5.41 Å². The van der Waals surface area contributed by atoms with Gasteiger partial charge in [-0.15, -0.1) is 0 Å². The fraction of sp³-hybridized carbons (Fsp3) is 1.00. The molecule has 0 aromatic carbocycles. The van der Waals surface area contributed by atoms with Crippen molar-refractivity contribution in [3.63, 3.8) is 0 Å². The Morgan fingerprint density at radius 2 is 2.00 bits per heavy atom. The molecule has 70 valence electrons. The second kappa shape index (κ2) is 4.90. The smallest absolute Gasteiger partial charge is 0.327 e. The van der Waals surface area contributed by atoms with Crippen LogP contribution in [0.2, 0.25) is 0 Å². The van der Waals surface area contributed by atoms with E-state index in [-0.39, 0.29) is 20.7 Å². The first kappa shape index (κ1) is 10.1. The summed E-state index contributed by atoms with van der Waals surface area (Å²) in [5, 5.41) is 9.18. The van der Waals surface area contributed by atoms with Gasteiger partial charge in [-0.1, -0.05) is 19.3 Å². The summed E-state index contributed by atoms with van der Waals surface area (Å²) in [7, 11) is -0.274. The molecule has 1 aliphatic carbocycles. The predicted octanol–water partition coefficient (Wildman–Crippen LogP) is 2.15. The molecule has 4 heteroatoms. The van der Waals surface area contributed by atoms with E-state index in [1.54, 1.807) is 0 Å². The molecule has 0 aliphatic heterocycles. The average molecular weight is 190 g/mol. The third-order valence-electron chi connectivity index (χ3n) is 2.67. The van der Waals surface area contributed by atoms with E-state index in [0.717, 1.165) is 25.7 Å². The lowest BCUT2D eigenvalue weighted by atomic mass is 9.75. The lowest BCUT2D eigenvalue weighted by molar-refractivity contribution is 0.0378. The van der Waals surface area contributed by atoms with E-state index in [2.05, 4.69) is 0 Å². The number of aliphatic hydroxyl groups is 1. The maximum atomic E-state index is 10.1. The van der Waals surface area contributed by atoms with Crippen LogP contribution in [0.5, 0.6) is 0 Å². The molecule has 0 aromatic rings. The van der Waals surface area contributed by atoms with Crippen LogP contribution < -0.4 is 0 Å². The van der Waals surface area contributed by atoms with Crippen molar-refractivity contribution in [2.45, 2.75) is 32.1 Å². The molecule has 0 unspecified atom stereocenters. The highest BCUT2D eigenvalue weighted by atomic mass is 31.1. The van der Waals surface area contributed by atoms with E-state index < -0.39 is 0 Å².